The number of H-pyrrole nitrogens is 1. The second-order valence-corrected chi connectivity index (χ2v) is 7.59. The molecule has 27 heavy (non-hydrogen) atoms. The van der Waals surface area contributed by atoms with Gasteiger partial charge in [0, 0.05) is 11.1 Å². The number of nitrogens with one attached hydrogen (secondary N) is 1. The van der Waals surface area contributed by atoms with E-state index in [1.807, 2.05) is 24.3 Å². The first-order valence-corrected chi connectivity index (χ1v) is 9.69. The number of rotatable bonds is 6. The molecule has 3 rings (SSSR count). The fraction of sp³-hybridized carbons (Fsp3) is 0.150. The molecule has 7 heteroatoms. The molecule has 0 saturated carbocycles. The predicted octanol–water partition coefficient (Wildman–Crippen LogP) is 3.17. The monoisotopic (exact) mass is 382 g/mol. The van der Waals surface area contributed by atoms with Crippen LogP contribution in [0.5, 0.6) is 11.5 Å². The van der Waals surface area contributed by atoms with E-state index in [0.29, 0.717) is 22.9 Å². The molecule has 0 amide bonds. The van der Waals surface area contributed by atoms with Gasteiger partial charge in [-0.25, -0.2) is 13.4 Å². The first-order valence-electron chi connectivity index (χ1n) is 8.03. The lowest BCUT2D eigenvalue weighted by atomic mass is 10.0. The van der Waals surface area contributed by atoms with Crippen molar-refractivity contribution in [3.05, 3.63) is 48.5 Å². The Bertz CT molecular complexity index is 1010. The predicted molar refractivity (Wildman–Crippen MR) is 103 cm³/mol. The summed E-state index contributed by atoms with van der Waals surface area (Å²) in [4.78, 5) is 7.26. The molecule has 0 aliphatic carbocycles. The van der Waals surface area contributed by atoms with Crippen molar-refractivity contribution >= 4 is 9.84 Å². The summed E-state index contributed by atoms with van der Waals surface area (Å²) in [7, 11) is -0.544. The zero-order chi connectivity index (χ0) is 19.4. The van der Waals surface area contributed by atoms with Gasteiger partial charge in [0.05, 0.1) is 25.6 Å². The summed E-state index contributed by atoms with van der Waals surface area (Å²) >= 11 is 0. The Hall–Kier alpha value is -3.24. The number of terminal acetylenes is 1. The molecule has 0 aliphatic heterocycles. The fourth-order valence-electron chi connectivity index (χ4n) is 2.60. The normalized spacial score (nSPS) is 11.0. The van der Waals surface area contributed by atoms with Crippen molar-refractivity contribution in [1.29, 1.82) is 0 Å². The van der Waals surface area contributed by atoms with Crippen LogP contribution in [0, 0.1) is 12.3 Å². The largest absolute Gasteiger partial charge is 0.497 e. The van der Waals surface area contributed by atoms with Gasteiger partial charge in [-0.3, -0.25) is 0 Å². The molecule has 1 N–H and O–H groups in total. The molecule has 0 fully saturated rings. The quantitative estimate of drug-likeness (QED) is 0.662. The average Bonchev–Trinajstić information content (AvgIpc) is 3.14. The minimum atomic E-state index is -3.71. The van der Waals surface area contributed by atoms with E-state index in [2.05, 4.69) is 15.9 Å². The van der Waals surface area contributed by atoms with Crippen LogP contribution < -0.4 is 9.47 Å². The van der Waals surface area contributed by atoms with Crippen LogP contribution in [0.2, 0.25) is 0 Å². The smallest absolute Gasteiger partial charge is 0.227 e. The Morgan fingerprint density at radius 1 is 0.963 bits per heavy atom. The molecular formula is C20H18N2O4S. The van der Waals surface area contributed by atoms with Gasteiger partial charge in [0.25, 0.3) is 0 Å². The Morgan fingerprint density at radius 2 is 1.48 bits per heavy atom. The number of aromatic amines is 1. The topological polar surface area (TPSA) is 81.3 Å². The molecule has 0 spiro atoms. The van der Waals surface area contributed by atoms with Gasteiger partial charge < -0.3 is 14.5 Å². The van der Waals surface area contributed by atoms with Crippen molar-refractivity contribution in [3.8, 4) is 46.4 Å². The third-order valence-corrected chi connectivity index (χ3v) is 5.32. The highest BCUT2D eigenvalue weighted by Gasteiger charge is 2.22. The van der Waals surface area contributed by atoms with E-state index in [0.717, 1.165) is 11.1 Å². The van der Waals surface area contributed by atoms with Crippen LogP contribution in [0.15, 0.2) is 53.7 Å². The van der Waals surface area contributed by atoms with Crippen LogP contribution in [-0.4, -0.2) is 38.4 Å². The summed E-state index contributed by atoms with van der Waals surface area (Å²) in [5.41, 5.74) is 2.62. The number of hydrogen-bond acceptors (Lipinski definition) is 5. The van der Waals surface area contributed by atoms with Crippen molar-refractivity contribution in [3.63, 3.8) is 0 Å². The fourth-order valence-corrected chi connectivity index (χ4v) is 3.45. The number of sulfone groups is 1. The van der Waals surface area contributed by atoms with Gasteiger partial charge in [-0.15, -0.1) is 6.42 Å². The van der Waals surface area contributed by atoms with Crippen LogP contribution in [0.3, 0.4) is 0 Å². The summed E-state index contributed by atoms with van der Waals surface area (Å²) in [6.45, 7) is 0. The molecular weight excluding hydrogens is 364 g/mol. The van der Waals surface area contributed by atoms with E-state index < -0.39 is 15.6 Å². The number of ether oxygens (including phenoxy) is 2. The van der Waals surface area contributed by atoms with Crippen LogP contribution in [0.25, 0.3) is 22.5 Å². The van der Waals surface area contributed by atoms with Crippen LogP contribution >= 0.6 is 0 Å². The molecule has 0 saturated heterocycles. The second kappa shape index (κ2) is 7.56. The SMILES string of the molecule is C#CCS(=O)(=O)c1nc(-c2ccc(OC)cc2)c(-c2ccc(OC)cc2)[nH]1. The van der Waals surface area contributed by atoms with E-state index in [1.54, 1.807) is 38.5 Å². The van der Waals surface area contributed by atoms with Gasteiger partial charge >= 0.3 is 0 Å². The van der Waals surface area contributed by atoms with E-state index in [-0.39, 0.29) is 5.16 Å². The highest BCUT2D eigenvalue weighted by Crippen LogP contribution is 2.33. The minimum Gasteiger partial charge on any atom is -0.497 e. The lowest BCUT2D eigenvalue weighted by Gasteiger charge is -2.06. The van der Waals surface area contributed by atoms with E-state index in [1.165, 1.54) is 0 Å². The highest BCUT2D eigenvalue weighted by molar-refractivity contribution is 7.91. The average molecular weight is 382 g/mol. The van der Waals surface area contributed by atoms with Crippen molar-refractivity contribution in [2.45, 2.75) is 5.16 Å². The van der Waals surface area contributed by atoms with Crippen LogP contribution in [0.1, 0.15) is 0 Å². The van der Waals surface area contributed by atoms with Crippen molar-refractivity contribution in [1.82, 2.24) is 9.97 Å². The lowest BCUT2D eigenvalue weighted by Crippen LogP contribution is -2.06. The Morgan fingerprint density at radius 3 is 1.96 bits per heavy atom. The van der Waals surface area contributed by atoms with E-state index in [9.17, 15) is 8.42 Å². The number of nitrogens with zero attached hydrogens (tertiary/aromatic N) is 1. The molecule has 1 aromatic heterocycles. The van der Waals surface area contributed by atoms with Gasteiger partial charge in [-0.1, -0.05) is 5.92 Å². The zero-order valence-corrected chi connectivity index (χ0v) is 15.7. The number of benzene rings is 2. The van der Waals surface area contributed by atoms with Gasteiger partial charge in [-0.2, -0.15) is 0 Å². The molecule has 3 aromatic rings. The molecule has 0 aliphatic rings. The molecule has 0 atom stereocenters. The molecule has 2 aromatic carbocycles. The van der Waals surface area contributed by atoms with Crippen LogP contribution in [-0.2, 0) is 9.84 Å². The zero-order valence-electron chi connectivity index (χ0n) is 14.9. The van der Waals surface area contributed by atoms with Crippen molar-refractivity contribution in [2.24, 2.45) is 0 Å². The Kier molecular flexibility index (Phi) is 5.19. The second-order valence-electron chi connectivity index (χ2n) is 5.69. The molecule has 6 nitrogen and oxygen atoms in total. The van der Waals surface area contributed by atoms with E-state index in [4.69, 9.17) is 15.9 Å². The maximum atomic E-state index is 12.4. The summed E-state index contributed by atoms with van der Waals surface area (Å²) < 4.78 is 35.1. The first kappa shape index (κ1) is 18.5. The maximum Gasteiger partial charge on any atom is 0.227 e. The Balaban J connectivity index is 2.16. The van der Waals surface area contributed by atoms with Gasteiger partial charge in [0.2, 0.25) is 15.0 Å². The maximum absolute atomic E-state index is 12.4. The molecule has 1 heterocycles. The first-order chi connectivity index (χ1) is 13.0. The van der Waals surface area contributed by atoms with E-state index >= 15 is 0 Å². The van der Waals surface area contributed by atoms with Crippen molar-refractivity contribution < 1.29 is 17.9 Å². The number of methoxy groups -OCH3 is 2. The molecule has 138 valence electrons. The number of imidazole rings is 1. The van der Waals surface area contributed by atoms with Gasteiger partial charge in [-0.05, 0) is 48.5 Å². The highest BCUT2D eigenvalue weighted by atomic mass is 32.2. The molecule has 0 bridgehead atoms. The summed E-state index contributed by atoms with van der Waals surface area (Å²) in [5, 5.41) is -0.155. The number of aromatic nitrogens is 2. The summed E-state index contributed by atoms with van der Waals surface area (Å²) in [6, 6.07) is 14.5. The lowest BCUT2D eigenvalue weighted by molar-refractivity contribution is 0.414. The minimum absolute atomic E-state index is 0.155. The third kappa shape index (κ3) is 3.81. The third-order valence-electron chi connectivity index (χ3n) is 3.99. The standard InChI is InChI=1S/C20H18N2O4S/c1-4-13-27(23,24)20-21-18(14-5-9-16(25-2)10-6-14)19(22-20)15-7-11-17(26-3)12-8-15/h1,5-12H,13H2,2-3H3,(H,21,22). The van der Waals surface area contributed by atoms with Crippen LogP contribution in [0.4, 0.5) is 0 Å². The Labute approximate surface area is 158 Å². The molecule has 0 radical (unpaired) electrons. The molecule has 0 unspecified atom stereocenters. The van der Waals surface area contributed by atoms with Gasteiger partial charge in [0.15, 0.2) is 0 Å². The summed E-state index contributed by atoms with van der Waals surface area (Å²) in [5.74, 6) is 3.13. The summed E-state index contributed by atoms with van der Waals surface area (Å²) in [6.07, 6.45) is 5.18. The van der Waals surface area contributed by atoms with Gasteiger partial charge in [0.1, 0.15) is 17.3 Å². The van der Waals surface area contributed by atoms with Crippen molar-refractivity contribution in [2.75, 3.05) is 20.0 Å². The number of hydrogen-bond donors (Lipinski definition) is 1.